The van der Waals surface area contributed by atoms with Crippen molar-refractivity contribution in [1.29, 1.82) is 0 Å². The van der Waals surface area contributed by atoms with Crippen molar-refractivity contribution in [3.05, 3.63) is 24.5 Å². The summed E-state index contributed by atoms with van der Waals surface area (Å²) in [6.07, 6.45) is 5.38. The summed E-state index contributed by atoms with van der Waals surface area (Å²) in [5.74, 6) is 1.06. The van der Waals surface area contributed by atoms with E-state index in [4.69, 9.17) is 4.52 Å². The van der Waals surface area contributed by atoms with E-state index in [0.717, 1.165) is 25.9 Å². The topological polar surface area (TPSA) is 89.1 Å². The Hall–Kier alpha value is -2.22. The van der Waals surface area contributed by atoms with Crippen molar-refractivity contribution in [2.75, 3.05) is 11.9 Å². The van der Waals surface area contributed by atoms with Gasteiger partial charge in [-0.3, -0.25) is 14.4 Å². The van der Waals surface area contributed by atoms with Crippen LogP contribution in [0.25, 0.3) is 0 Å². The van der Waals surface area contributed by atoms with Crippen molar-refractivity contribution in [1.82, 2.24) is 24.8 Å². The third kappa shape index (κ3) is 3.16. The van der Waals surface area contributed by atoms with Gasteiger partial charge in [-0.25, -0.2) is 4.98 Å². The zero-order chi connectivity index (χ0) is 15.5. The summed E-state index contributed by atoms with van der Waals surface area (Å²) in [4.78, 5) is 18.6. The van der Waals surface area contributed by atoms with E-state index < -0.39 is 0 Å². The normalized spacial score (nSPS) is 20.2. The van der Waals surface area contributed by atoms with Crippen molar-refractivity contribution in [2.45, 2.75) is 45.3 Å². The number of carbonyl (C=O) groups excluding carboxylic acids is 1. The molecule has 2 aromatic rings. The van der Waals surface area contributed by atoms with Gasteiger partial charge in [0.25, 0.3) is 0 Å². The number of aryl methyl sites for hydroxylation is 1. The summed E-state index contributed by atoms with van der Waals surface area (Å²) in [5, 5.41) is 10.7. The van der Waals surface area contributed by atoms with Crippen LogP contribution in [0, 0.1) is 6.92 Å². The van der Waals surface area contributed by atoms with Crippen molar-refractivity contribution in [2.24, 2.45) is 0 Å². The zero-order valence-corrected chi connectivity index (χ0v) is 12.8. The van der Waals surface area contributed by atoms with E-state index in [0.29, 0.717) is 17.6 Å². The van der Waals surface area contributed by atoms with Crippen LogP contribution in [0.4, 0.5) is 5.82 Å². The van der Waals surface area contributed by atoms with Crippen LogP contribution >= 0.6 is 0 Å². The minimum absolute atomic E-state index is 0.0706. The molecule has 0 aromatic carbocycles. The van der Waals surface area contributed by atoms with Gasteiger partial charge in [-0.1, -0.05) is 5.16 Å². The smallest absolute Gasteiger partial charge is 0.242 e. The van der Waals surface area contributed by atoms with Crippen LogP contribution < -0.4 is 5.32 Å². The van der Waals surface area contributed by atoms with E-state index in [1.54, 1.807) is 19.3 Å². The Morgan fingerprint density at radius 2 is 2.45 bits per heavy atom. The number of likely N-dealkylation sites (tertiary alicyclic amines) is 1. The SMILES string of the molecule is Cc1cc(NC(=O)[C@H](C)N2CCC[C@H]2Cn2cncn2)no1. The molecule has 0 spiro atoms. The fourth-order valence-electron chi connectivity index (χ4n) is 2.91. The first kappa shape index (κ1) is 14.7. The molecule has 2 atom stereocenters. The van der Waals surface area contributed by atoms with Gasteiger partial charge in [0.2, 0.25) is 5.91 Å². The number of anilines is 1. The van der Waals surface area contributed by atoms with E-state index in [1.165, 1.54) is 6.33 Å². The molecular formula is C14H20N6O2. The molecule has 0 saturated carbocycles. The number of nitrogens with zero attached hydrogens (tertiary/aromatic N) is 5. The van der Waals surface area contributed by atoms with Crippen molar-refractivity contribution >= 4 is 11.7 Å². The average Bonchev–Trinajstić information content (AvgIpc) is 3.21. The van der Waals surface area contributed by atoms with Crippen LogP contribution in [0.15, 0.2) is 23.2 Å². The number of hydrogen-bond acceptors (Lipinski definition) is 6. The third-order valence-electron chi connectivity index (χ3n) is 4.04. The molecule has 0 aliphatic carbocycles. The van der Waals surface area contributed by atoms with Gasteiger partial charge in [-0.05, 0) is 33.2 Å². The highest BCUT2D eigenvalue weighted by Gasteiger charge is 2.32. The summed E-state index contributed by atoms with van der Waals surface area (Å²) in [5.41, 5.74) is 0. The van der Waals surface area contributed by atoms with Crippen LogP contribution in [-0.4, -0.2) is 49.4 Å². The fraction of sp³-hybridized carbons (Fsp3) is 0.571. The highest BCUT2D eigenvalue weighted by Crippen LogP contribution is 2.22. The van der Waals surface area contributed by atoms with Crippen LogP contribution in [0.5, 0.6) is 0 Å². The number of rotatable bonds is 5. The van der Waals surface area contributed by atoms with Crippen LogP contribution in [0.2, 0.25) is 0 Å². The maximum atomic E-state index is 12.4. The van der Waals surface area contributed by atoms with Crippen LogP contribution in [0.1, 0.15) is 25.5 Å². The van der Waals surface area contributed by atoms with Crippen LogP contribution in [-0.2, 0) is 11.3 Å². The Kier molecular flexibility index (Phi) is 4.19. The van der Waals surface area contributed by atoms with Gasteiger partial charge in [-0.2, -0.15) is 5.10 Å². The Bertz CT molecular complexity index is 623. The average molecular weight is 304 g/mol. The van der Waals surface area contributed by atoms with Crippen molar-refractivity contribution in [3.8, 4) is 0 Å². The molecule has 2 aromatic heterocycles. The quantitative estimate of drug-likeness (QED) is 0.888. The van der Waals surface area contributed by atoms with Gasteiger partial charge in [0.15, 0.2) is 5.82 Å². The first-order valence-electron chi connectivity index (χ1n) is 7.46. The number of carbonyl (C=O) groups is 1. The molecule has 3 heterocycles. The summed E-state index contributed by atoms with van der Waals surface area (Å²) in [7, 11) is 0. The summed E-state index contributed by atoms with van der Waals surface area (Å²) in [6.45, 7) is 5.37. The molecule has 118 valence electrons. The highest BCUT2D eigenvalue weighted by atomic mass is 16.5. The second kappa shape index (κ2) is 6.27. The lowest BCUT2D eigenvalue weighted by Gasteiger charge is -2.29. The van der Waals surface area contributed by atoms with Gasteiger partial charge >= 0.3 is 0 Å². The number of nitrogens with one attached hydrogen (secondary N) is 1. The minimum atomic E-state index is -0.229. The van der Waals surface area contributed by atoms with E-state index in [9.17, 15) is 4.79 Å². The molecule has 22 heavy (non-hydrogen) atoms. The van der Waals surface area contributed by atoms with Crippen molar-refractivity contribution < 1.29 is 9.32 Å². The summed E-state index contributed by atoms with van der Waals surface area (Å²) >= 11 is 0. The summed E-state index contributed by atoms with van der Waals surface area (Å²) in [6, 6.07) is 1.77. The monoisotopic (exact) mass is 304 g/mol. The van der Waals surface area contributed by atoms with Crippen LogP contribution in [0.3, 0.4) is 0 Å². The molecule has 1 fully saturated rings. The van der Waals surface area contributed by atoms with Gasteiger partial charge in [-0.15, -0.1) is 0 Å². The molecule has 8 nitrogen and oxygen atoms in total. The molecule has 1 aliphatic heterocycles. The van der Waals surface area contributed by atoms with E-state index in [2.05, 4.69) is 25.5 Å². The second-order valence-corrected chi connectivity index (χ2v) is 5.64. The predicted octanol–water partition coefficient (Wildman–Crippen LogP) is 1.07. The Balaban J connectivity index is 1.62. The number of aromatic nitrogens is 4. The Morgan fingerprint density at radius 3 is 3.14 bits per heavy atom. The largest absolute Gasteiger partial charge is 0.360 e. The van der Waals surface area contributed by atoms with E-state index in [-0.39, 0.29) is 11.9 Å². The molecule has 1 aliphatic rings. The van der Waals surface area contributed by atoms with Crippen molar-refractivity contribution in [3.63, 3.8) is 0 Å². The molecular weight excluding hydrogens is 284 g/mol. The third-order valence-corrected chi connectivity index (χ3v) is 4.04. The lowest BCUT2D eigenvalue weighted by molar-refractivity contribution is -0.121. The predicted molar refractivity (Wildman–Crippen MR) is 79.1 cm³/mol. The number of amides is 1. The second-order valence-electron chi connectivity index (χ2n) is 5.64. The molecule has 1 saturated heterocycles. The molecule has 0 bridgehead atoms. The lowest BCUT2D eigenvalue weighted by atomic mass is 10.2. The Morgan fingerprint density at radius 1 is 1.59 bits per heavy atom. The highest BCUT2D eigenvalue weighted by molar-refractivity contribution is 5.93. The molecule has 0 unspecified atom stereocenters. The van der Waals surface area contributed by atoms with Gasteiger partial charge < -0.3 is 9.84 Å². The summed E-state index contributed by atoms with van der Waals surface area (Å²) < 4.78 is 6.78. The number of hydrogen-bond donors (Lipinski definition) is 1. The zero-order valence-electron chi connectivity index (χ0n) is 12.8. The molecule has 1 amide bonds. The maximum Gasteiger partial charge on any atom is 0.242 e. The first-order valence-corrected chi connectivity index (χ1v) is 7.46. The van der Waals surface area contributed by atoms with E-state index in [1.807, 2.05) is 11.6 Å². The molecule has 1 N–H and O–H groups in total. The molecule has 3 rings (SSSR count). The fourth-order valence-corrected chi connectivity index (χ4v) is 2.91. The standard InChI is InChI=1S/C14H20N6O2/c1-10-6-13(18-22-10)17-14(21)11(2)20-5-3-4-12(20)7-19-9-15-8-16-19/h6,8-9,11-12H,3-5,7H2,1-2H3,(H,17,18,21)/t11-,12-/m0/s1. The first-order chi connectivity index (χ1) is 10.6. The van der Waals surface area contributed by atoms with Gasteiger partial charge in [0.05, 0.1) is 12.6 Å². The van der Waals surface area contributed by atoms with Gasteiger partial charge in [0.1, 0.15) is 18.4 Å². The van der Waals surface area contributed by atoms with Gasteiger partial charge in [0, 0.05) is 12.1 Å². The molecule has 8 heteroatoms. The lowest BCUT2D eigenvalue weighted by Crippen LogP contribution is -2.46. The van der Waals surface area contributed by atoms with E-state index >= 15 is 0 Å². The minimum Gasteiger partial charge on any atom is -0.360 e. The molecule has 0 radical (unpaired) electrons. The maximum absolute atomic E-state index is 12.4. The Labute approximate surface area is 128 Å².